The Morgan fingerprint density at radius 2 is 1.76 bits per heavy atom. The molecule has 2 N–H and O–H groups in total. The van der Waals surface area contributed by atoms with Crippen LogP contribution in [0.1, 0.15) is 25.3 Å². The van der Waals surface area contributed by atoms with Gasteiger partial charge in [-0.1, -0.05) is 19.0 Å². The number of halogens is 2. The van der Waals surface area contributed by atoms with E-state index in [-0.39, 0.29) is 11.7 Å². The largest absolute Gasteiger partial charge is 0.381 e. The third-order valence-electron chi connectivity index (χ3n) is 2.46. The molecule has 0 saturated carbocycles. The summed E-state index contributed by atoms with van der Waals surface area (Å²) in [6.45, 7) is 3.81. The van der Waals surface area contributed by atoms with Gasteiger partial charge in [0.25, 0.3) is 0 Å². The van der Waals surface area contributed by atoms with E-state index in [0.29, 0.717) is 16.9 Å². The number of benzene rings is 1. The van der Waals surface area contributed by atoms with E-state index in [2.05, 4.69) is 5.16 Å². The summed E-state index contributed by atoms with van der Waals surface area (Å²) in [6, 6.07) is 3.18. The fourth-order valence-corrected chi connectivity index (χ4v) is 1.76. The van der Waals surface area contributed by atoms with Crippen molar-refractivity contribution in [2.24, 2.45) is 0 Å². The number of nitrogens with zero attached hydrogens (tertiary/aromatic N) is 1. The Labute approximate surface area is 97.2 Å². The molecule has 3 nitrogen and oxygen atoms in total. The van der Waals surface area contributed by atoms with Gasteiger partial charge in [-0.15, -0.1) is 0 Å². The topological polar surface area (TPSA) is 52.0 Å². The molecule has 90 valence electrons. The van der Waals surface area contributed by atoms with Crippen molar-refractivity contribution >= 4 is 5.82 Å². The van der Waals surface area contributed by atoms with E-state index >= 15 is 0 Å². The van der Waals surface area contributed by atoms with Crippen LogP contribution >= 0.6 is 0 Å². The van der Waals surface area contributed by atoms with Crippen molar-refractivity contribution in [1.29, 1.82) is 0 Å². The normalized spacial score (nSPS) is 11.1. The molecule has 0 saturated heterocycles. The van der Waals surface area contributed by atoms with Gasteiger partial charge >= 0.3 is 0 Å². The molecule has 0 atom stereocenters. The number of aromatic nitrogens is 1. The van der Waals surface area contributed by atoms with Gasteiger partial charge in [-0.2, -0.15) is 0 Å². The smallest absolute Gasteiger partial charge is 0.172 e. The molecule has 1 heterocycles. The zero-order valence-corrected chi connectivity index (χ0v) is 9.50. The Morgan fingerprint density at radius 3 is 2.29 bits per heavy atom. The fourth-order valence-electron chi connectivity index (χ4n) is 1.76. The molecule has 0 fully saturated rings. The predicted octanol–water partition coefficient (Wildman–Crippen LogP) is 3.33. The highest BCUT2D eigenvalue weighted by Gasteiger charge is 2.19. The molecule has 0 aliphatic carbocycles. The molecule has 1 aromatic carbocycles. The molecule has 17 heavy (non-hydrogen) atoms. The van der Waals surface area contributed by atoms with Crippen LogP contribution in [0.2, 0.25) is 0 Å². The summed E-state index contributed by atoms with van der Waals surface area (Å²) in [5.74, 6) is -0.701. The average molecular weight is 238 g/mol. The standard InChI is InChI=1S/C12H12F2N2O/c1-6(2)10-11(17-16-12(10)15)7-3-8(13)5-9(14)4-7/h3-6H,1-2H3,(H2,15,16). The lowest BCUT2D eigenvalue weighted by atomic mass is 9.99. The van der Waals surface area contributed by atoms with E-state index in [1.807, 2.05) is 13.8 Å². The van der Waals surface area contributed by atoms with Gasteiger partial charge in [0.15, 0.2) is 11.6 Å². The van der Waals surface area contributed by atoms with Crippen LogP contribution in [-0.4, -0.2) is 5.16 Å². The fraction of sp³-hybridized carbons (Fsp3) is 0.250. The quantitative estimate of drug-likeness (QED) is 0.873. The van der Waals surface area contributed by atoms with E-state index in [1.165, 1.54) is 12.1 Å². The van der Waals surface area contributed by atoms with Crippen LogP contribution in [0.5, 0.6) is 0 Å². The molecule has 0 amide bonds. The lowest BCUT2D eigenvalue weighted by Gasteiger charge is -2.05. The maximum atomic E-state index is 13.1. The molecule has 0 aliphatic rings. The van der Waals surface area contributed by atoms with Gasteiger partial charge in [-0.3, -0.25) is 0 Å². The summed E-state index contributed by atoms with van der Waals surface area (Å²) in [6.07, 6.45) is 0. The number of rotatable bonds is 2. The Balaban J connectivity index is 2.60. The first-order chi connectivity index (χ1) is 7.99. The molecule has 0 radical (unpaired) electrons. The van der Waals surface area contributed by atoms with E-state index in [0.717, 1.165) is 6.07 Å². The first kappa shape index (κ1) is 11.6. The Bertz CT molecular complexity index is 529. The lowest BCUT2D eigenvalue weighted by Crippen LogP contribution is -1.95. The second-order valence-corrected chi connectivity index (χ2v) is 4.12. The van der Waals surface area contributed by atoms with E-state index in [1.54, 1.807) is 0 Å². The van der Waals surface area contributed by atoms with Crippen LogP contribution in [0, 0.1) is 11.6 Å². The summed E-state index contributed by atoms with van der Waals surface area (Å²) < 4.78 is 31.3. The van der Waals surface area contributed by atoms with E-state index in [9.17, 15) is 8.78 Å². The van der Waals surface area contributed by atoms with Crippen molar-refractivity contribution in [3.8, 4) is 11.3 Å². The van der Waals surface area contributed by atoms with Crippen molar-refractivity contribution in [1.82, 2.24) is 5.16 Å². The number of hydrogen-bond acceptors (Lipinski definition) is 3. The molecule has 0 aliphatic heterocycles. The summed E-state index contributed by atoms with van der Waals surface area (Å²) in [5, 5.41) is 3.63. The predicted molar refractivity (Wildman–Crippen MR) is 60.4 cm³/mol. The van der Waals surface area contributed by atoms with Gasteiger partial charge in [0.1, 0.15) is 11.6 Å². The van der Waals surface area contributed by atoms with Crippen molar-refractivity contribution < 1.29 is 13.3 Å². The van der Waals surface area contributed by atoms with Crippen LogP contribution in [0.15, 0.2) is 22.7 Å². The van der Waals surface area contributed by atoms with Crippen LogP contribution in [-0.2, 0) is 0 Å². The van der Waals surface area contributed by atoms with Gasteiger partial charge < -0.3 is 10.3 Å². The first-order valence-electron chi connectivity index (χ1n) is 5.20. The first-order valence-corrected chi connectivity index (χ1v) is 5.20. The van der Waals surface area contributed by atoms with Crippen molar-refractivity contribution in [2.75, 3.05) is 5.73 Å². The lowest BCUT2D eigenvalue weighted by molar-refractivity contribution is 0.434. The number of nitrogens with two attached hydrogens (primary N) is 1. The summed E-state index contributed by atoms with van der Waals surface area (Å²) in [5.41, 5.74) is 6.63. The van der Waals surface area contributed by atoms with Gasteiger partial charge in [0, 0.05) is 17.2 Å². The Kier molecular flexibility index (Phi) is 2.83. The monoisotopic (exact) mass is 238 g/mol. The molecular weight excluding hydrogens is 226 g/mol. The molecule has 2 aromatic rings. The molecule has 5 heteroatoms. The zero-order valence-electron chi connectivity index (χ0n) is 9.50. The van der Waals surface area contributed by atoms with E-state index < -0.39 is 11.6 Å². The van der Waals surface area contributed by atoms with Gasteiger partial charge in [0.05, 0.1) is 0 Å². The highest BCUT2D eigenvalue weighted by molar-refractivity contribution is 5.67. The number of anilines is 1. The van der Waals surface area contributed by atoms with Gasteiger partial charge in [-0.25, -0.2) is 8.78 Å². The van der Waals surface area contributed by atoms with Crippen LogP contribution in [0.3, 0.4) is 0 Å². The SMILES string of the molecule is CC(C)c1c(N)noc1-c1cc(F)cc(F)c1. The Morgan fingerprint density at radius 1 is 1.18 bits per heavy atom. The molecule has 1 aromatic heterocycles. The van der Waals surface area contributed by atoms with Crippen LogP contribution in [0.4, 0.5) is 14.6 Å². The third-order valence-corrected chi connectivity index (χ3v) is 2.46. The highest BCUT2D eigenvalue weighted by Crippen LogP contribution is 2.33. The van der Waals surface area contributed by atoms with Crippen molar-refractivity contribution in [2.45, 2.75) is 19.8 Å². The summed E-state index contributed by atoms with van der Waals surface area (Å²) in [7, 11) is 0. The molecule has 0 spiro atoms. The summed E-state index contributed by atoms with van der Waals surface area (Å²) in [4.78, 5) is 0. The zero-order chi connectivity index (χ0) is 12.6. The number of nitrogen functional groups attached to an aromatic ring is 1. The van der Waals surface area contributed by atoms with Crippen LogP contribution in [0.25, 0.3) is 11.3 Å². The minimum Gasteiger partial charge on any atom is -0.381 e. The second-order valence-electron chi connectivity index (χ2n) is 4.12. The summed E-state index contributed by atoms with van der Waals surface area (Å²) >= 11 is 0. The molecule has 0 bridgehead atoms. The second kappa shape index (κ2) is 4.16. The minimum atomic E-state index is -0.662. The maximum Gasteiger partial charge on any atom is 0.172 e. The average Bonchev–Trinajstić information content (AvgIpc) is 2.58. The van der Waals surface area contributed by atoms with Crippen molar-refractivity contribution in [3.63, 3.8) is 0 Å². The minimum absolute atomic E-state index is 0.0579. The molecule has 2 rings (SSSR count). The van der Waals surface area contributed by atoms with Crippen LogP contribution < -0.4 is 5.73 Å². The van der Waals surface area contributed by atoms with E-state index in [4.69, 9.17) is 10.3 Å². The van der Waals surface area contributed by atoms with Gasteiger partial charge in [-0.05, 0) is 18.1 Å². The number of hydrogen-bond donors (Lipinski definition) is 1. The molecular formula is C12H12F2N2O. The van der Waals surface area contributed by atoms with Crippen molar-refractivity contribution in [3.05, 3.63) is 35.4 Å². The molecule has 0 unspecified atom stereocenters. The maximum absolute atomic E-state index is 13.1. The highest BCUT2D eigenvalue weighted by atomic mass is 19.1. The third kappa shape index (κ3) is 2.13. The van der Waals surface area contributed by atoms with Gasteiger partial charge in [0.2, 0.25) is 0 Å². The Hall–Kier alpha value is -1.91.